The number of carbonyl (C=O) groups is 2. The van der Waals surface area contributed by atoms with Crippen molar-refractivity contribution in [1.29, 1.82) is 0 Å². The maximum absolute atomic E-state index is 10.3. The summed E-state index contributed by atoms with van der Waals surface area (Å²) >= 11 is 0. The van der Waals surface area contributed by atoms with Gasteiger partial charge in [-0.3, -0.25) is 9.59 Å². The molecule has 21 heavy (non-hydrogen) atoms. The molecule has 0 radical (unpaired) electrons. The van der Waals surface area contributed by atoms with Gasteiger partial charge >= 0.3 is 30.8 Å². The van der Waals surface area contributed by atoms with Gasteiger partial charge < -0.3 is 10.2 Å². The van der Waals surface area contributed by atoms with Crippen LogP contribution in [0.25, 0.3) is 0 Å². The van der Waals surface area contributed by atoms with Crippen molar-refractivity contribution < 1.29 is 19.8 Å². The van der Waals surface area contributed by atoms with E-state index in [2.05, 4.69) is 0 Å². The summed E-state index contributed by atoms with van der Waals surface area (Å²) in [6, 6.07) is 0. The first-order valence-electron chi connectivity index (χ1n) is 8.06. The molecule has 4 nitrogen and oxygen atoms in total. The van der Waals surface area contributed by atoms with E-state index in [9.17, 15) is 9.59 Å². The molecule has 0 bridgehead atoms. The molecule has 0 fully saturated rings. The summed E-state index contributed by atoms with van der Waals surface area (Å²) in [5.74, 6) is -1.37. The fourth-order valence-electron chi connectivity index (χ4n) is 2.32. The Morgan fingerprint density at radius 1 is 0.476 bits per heavy atom. The molecule has 0 aliphatic carbocycles. The first-order valence-corrected chi connectivity index (χ1v) is 8.06. The molecule has 0 aromatic heterocycles. The van der Waals surface area contributed by atoms with Gasteiger partial charge in [-0.1, -0.05) is 64.2 Å². The van der Waals surface area contributed by atoms with E-state index in [0.29, 0.717) is 12.8 Å². The third-order valence-electron chi connectivity index (χ3n) is 3.53. The molecule has 5 heteroatoms. The van der Waals surface area contributed by atoms with Crippen LogP contribution in [0.4, 0.5) is 0 Å². The molecular formula is C16H31LiO4. The van der Waals surface area contributed by atoms with Gasteiger partial charge in [0.15, 0.2) is 0 Å². The van der Waals surface area contributed by atoms with Crippen molar-refractivity contribution in [2.75, 3.05) is 0 Å². The Morgan fingerprint density at radius 3 is 0.857 bits per heavy atom. The number of carboxylic acid groups (broad SMARTS) is 2. The van der Waals surface area contributed by atoms with E-state index in [1.165, 1.54) is 38.5 Å². The van der Waals surface area contributed by atoms with Crippen LogP contribution in [-0.2, 0) is 9.59 Å². The molecule has 0 atom stereocenters. The number of hydrogen-bond acceptors (Lipinski definition) is 2. The van der Waals surface area contributed by atoms with Crippen molar-refractivity contribution >= 4 is 30.8 Å². The standard InChI is InChI=1S/C16H30O4.Li.H/c17-15(18)13-11-9-7-5-3-1-2-4-6-8-10-12-14-16(19)20;;/h1-14H2,(H,17,18)(H,19,20);;. The zero-order chi connectivity index (χ0) is 15.1. The second-order valence-corrected chi connectivity index (χ2v) is 5.53. The summed E-state index contributed by atoms with van der Waals surface area (Å²) in [6.45, 7) is 0. The van der Waals surface area contributed by atoms with E-state index in [-0.39, 0.29) is 18.9 Å². The van der Waals surface area contributed by atoms with Crippen LogP contribution in [0.5, 0.6) is 0 Å². The number of unbranched alkanes of at least 4 members (excludes halogenated alkanes) is 11. The molecular weight excluding hydrogens is 263 g/mol. The first-order chi connectivity index (χ1) is 9.63. The number of carboxylic acids is 2. The number of aliphatic carboxylic acids is 2. The van der Waals surface area contributed by atoms with Gasteiger partial charge in [0, 0.05) is 12.8 Å². The summed E-state index contributed by atoms with van der Waals surface area (Å²) in [4.78, 5) is 20.6. The summed E-state index contributed by atoms with van der Waals surface area (Å²) in [5, 5.41) is 17.0. The minimum atomic E-state index is -0.687. The third kappa shape index (κ3) is 22.0. The zero-order valence-electron chi connectivity index (χ0n) is 12.6. The van der Waals surface area contributed by atoms with Gasteiger partial charge in [-0.05, 0) is 12.8 Å². The van der Waals surface area contributed by atoms with Crippen molar-refractivity contribution in [2.24, 2.45) is 0 Å². The molecule has 0 aromatic rings. The zero-order valence-corrected chi connectivity index (χ0v) is 12.6. The van der Waals surface area contributed by atoms with Crippen LogP contribution in [-0.4, -0.2) is 41.0 Å². The molecule has 0 aliphatic heterocycles. The van der Waals surface area contributed by atoms with Crippen LogP contribution in [0, 0.1) is 0 Å². The van der Waals surface area contributed by atoms with E-state index in [4.69, 9.17) is 10.2 Å². The van der Waals surface area contributed by atoms with Gasteiger partial charge in [-0.25, -0.2) is 0 Å². The fourth-order valence-corrected chi connectivity index (χ4v) is 2.32. The van der Waals surface area contributed by atoms with Crippen LogP contribution in [0.2, 0.25) is 0 Å². The number of hydrogen-bond donors (Lipinski definition) is 2. The predicted octanol–water partition coefficient (Wildman–Crippen LogP) is 3.97. The van der Waals surface area contributed by atoms with Gasteiger partial charge in [-0.15, -0.1) is 0 Å². The van der Waals surface area contributed by atoms with Crippen LogP contribution in [0.1, 0.15) is 89.9 Å². The van der Waals surface area contributed by atoms with Gasteiger partial charge in [-0.2, -0.15) is 0 Å². The summed E-state index contributed by atoms with van der Waals surface area (Å²) in [7, 11) is 0. The molecule has 0 spiro atoms. The summed E-state index contributed by atoms with van der Waals surface area (Å²) < 4.78 is 0. The minimum absolute atomic E-state index is 0. The molecule has 2 N–H and O–H groups in total. The normalized spacial score (nSPS) is 10.1. The van der Waals surface area contributed by atoms with Crippen molar-refractivity contribution in [2.45, 2.75) is 89.9 Å². The second-order valence-electron chi connectivity index (χ2n) is 5.53. The van der Waals surface area contributed by atoms with Crippen LogP contribution in [0.3, 0.4) is 0 Å². The average molecular weight is 294 g/mol. The Labute approximate surface area is 140 Å². The molecule has 0 saturated heterocycles. The van der Waals surface area contributed by atoms with Gasteiger partial charge in [0.05, 0.1) is 0 Å². The second kappa shape index (κ2) is 17.6. The Bertz CT molecular complexity index is 231. The Hall–Kier alpha value is -0.463. The SMILES string of the molecule is O=C(O)CCCCCCCCCCCCCCC(=O)O.[LiH]. The molecule has 0 aromatic carbocycles. The van der Waals surface area contributed by atoms with E-state index in [1.54, 1.807) is 0 Å². The van der Waals surface area contributed by atoms with Crippen LogP contribution >= 0.6 is 0 Å². The maximum atomic E-state index is 10.3. The topological polar surface area (TPSA) is 74.6 Å². The Balaban J connectivity index is 0. The number of rotatable bonds is 15. The van der Waals surface area contributed by atoms with Crippen molar-refractivity contribution in [3.05, 3.63) is 0 Å². The van der Waals surface area contributed by atoms with Crippen LogP contribution < -0.4 is 0 Å². The Morgan fingerprint density at radius 2 is 0.667 bits per heavy atom. The van der Waals surface area contributed by atoms with Crippen molar-refractivity contribution in [3.8, 4) is 0 Å². The van der Waals surface area contributed by atoms with E-state index < -0.39 is 11.9 Å². The van der Waals surface area contributed by atoms with E-state index >= 15 is 0 Å². The van der Waals surface area contributed by atoms with E-state index in [0.717, 1.165) is 38.5 Å². The summed E-state index contributed by atoms with van der Waals surface area (Å²) in [5.41, 5.74) is 0. The molecule has 0 heterocycles. The molecule has 0 amide bonds. The van der Waals surface area contributed by atoms with Crippen molar-refractivity contribution in [3.63, 3.8) is 0 Å². The van der Waals surface area contributed by atoms with Gasteiger partial charge in [0.2, 0.25) is 0 Å². The molecule has 0 unspecified atom stereocenters. The monoisotopic (exact) mass is 294 g/mol. The first kappa shape index (κ1) is 22.8. The molecule has 120 valence electrons. The molecule has 0 aliphatic rings. The van der Waals surface area contributed by atoms with Crippen LogP contribution in [0.15, 0.2) is 0 Å². The van der Waals surface area contributed by atoms with E-state index in [1.807, 2.05) is 0 Å². The third-order valence-corrected chi connectivity index (χ3v) is 3.53. The Kier molecular flexibility index (Phi) is 19.1. The average Bonchev–Trinajstić information content (AvgIpc) is 2.38. The quantitative estimate of drug-likeness (QED) is 0.354. The molecule has 0 rings (SSSR count). The van der Waals surface area contributed by atoms with Crippen molar-refractivity contribution in [1.82, 2.24) is 0 Å². The predicted molar refractivity (Wildman–Crippen MR) is 87.1 cm³/mol. The fraction of sp³-hybridized carbons (Fsp3) is 0.875. The molecule has 0 saturated carbocycles. The van der Waals surface area contributed by atoms with Gasteiger partial charge in [0.25, 0.3) is 0 Å². The van der Waals surface area contributed by atoms with Gasteiger partial charge in [0.1, 0.15) is 0 Å². The summed E-state index contributed by atoms with van der Waals surface area (Å²) in [6.07, 6.45) is 14.1.